The second-order valence-electron chi connectivity index (χ2n) is 8.04. The molecule has 0 saturated heterocycles. The third-order valence-electron chi connectivity index (χ3n) is 5.31. The highest BCUT2D eigenvalue weighted by molar-refractivity contribution is 5.83. The van der Waals surface area contributed by atoms with Crippen molar-refractivity contribution in [3.63, 3.8) is 0 Å². The van der Waals surface area contributed by atoms with Gasteiger partial charge in [0.15, 0.2) is 17.3 Å². The van der Waals surface area contributed by atoms with Crippen molar-refractivity contribution in [1.82, 2.24) is 0 Å². The molecule has 1 N–H and O–H groups in total. The maximum atomic E-state index is 13.3. The van der Waals surface area contributed by atoms with Gasteiger partial charge in [0, 0.05) is 11.6 Å². The number of hydrogen-bond acceptors (Lipinski definition) is 6. The lowest BCUT2D eigenvalue weighted by Crippen LogP contribution is -2.11. The topological polar surface area (TPSA) is 78.1 Å². The molecule has 0 spiro atoms. The van der Waals surface area contributed by atoms with E-state index in [-0.39, 0.29) is 22.7 Å². The van der Waals surface area contributed by atoms with Gasteiger partial charge in [-0.3, -0.25) is 4.79 Å². The van der Waals surface area contributed by atoms with Gasteiger partial charge in [-0.15, -0.1) is 0 Å². The van der Waals surface area contributed by atoms with Crippen molar-refractivity contribution in [2.45, 2.75) is 59.3 Å². The number of hydrogen-bond donors (Lipinski definition) is 1. The zero-order valence-electron chi connectivity index (χ0n) is 19.8. The minimum Gasteiger partial charge on any atom is -0.504 e. The van der Waals surface area contributed by atoms with E-state index in [9.17, 15) is 9.90 Å². The Bertz CT molecular complexity index is 1100. The summed E-state index contributed by atoms with van der Waals surface area (Å²) in [5.74, 6) is 1.46. The fourth-order valence-electron chi connectivity index (χ4n) is 3.33. The monoisotopic (exact) mass is 454 g/mol. The van der Waals surface area contributed by atoms with Crippen molar-refractivity contribution in [3.8, 4) is 34.3 Å². The van der Waals surface area contributed by atoms with E-state index in [2.05, 4.69) is 20.8 Å². The quantitative estimate of drug-likeness (QED) is 0.289. The number of fused-ring (bicyclic) bond motifs is 1. The molecule has 0 fully saturated rings. The summed E-state index contributed by atoms with van der Waals surface area (Å²) in [6.45, 7) is 7.77. The van der Waals surface area contributed by atoms with E-state index in [1.165, 1.54) is 0 Å². The van der Waals surface area contributed by atoms with Gasteiger partial charge in [-0.25, -0.2) is 0 Å². The number of benzene rings is 2. The van der Waals surface area contributed by atoms with E-state index < -0.39 is 0 Å². The zero-order valence-corrected chi connectivity index (χ0v) is 19.8. The van der Waals surface area contributed by atoms with E-state index in [1.54, 1.807) is 36.4 Å². The Morgan fingerprint density at radius 3 is 2.15 bits per heavy atom. The van der Waals surface area contributed by atoms with E-state index in [0.29, 0.717) is 47.9 Å². The predicted octanol–water partition coefficient (Wildman–Crippen LogP) is 6.70. The van der Waals surface area contributed by atoms with Crippen LogP contribution in [0.5, 0.6) is 23.0 Å². The Morgan fingerprint density at radius 2 is 1.48 bits per heavy atom. The van der Waals surface area contributed by atoms with E-state index in [4.69, 9.17) is 18.6 Å². The van der Waals surface area contributed by atoms with Crippen LogP contribution in [0.2, 0.25) is 0 Å². The van der Waals surface area contributed by atoms with Crippen molar-refractivity contribution in [3.05, 3.63) is 46.6 Å². The standard InChI is InChI=1S/C27H34O6/c1-4-7-14-30-20-11-12-21-24(18-20)33-26(27(25(21)29)32-16-9-6-3)19-10-13-23(22(28)17-19)31-15-8-5-2/h10-13,17-18,28H,4-9,14-16H2,1-3H3. The third kappa shape index (κ3) is 6.21. The molecule has 0 aliphatic rings. The van der Waals surface area contributed by atoms with Crippen LogP contribution in [0, 0.1) is 0 Å². The fourth-order valence-corrected chi connectivity index (χ4v) is 3.33. The average Bonchev–Trinajstić information content (AvgIpc) is 2.81. The summed E-state index contributed by atoms with van der Waals surface area (Å²) >= 11 is 0. The van der Waals surface area contributed by atoms with Crippen LogP contribution in [0.4, 0.5) is 0 Å². The molecule has 0 radical (unpaired) electrons. The molecule has 6 nitrogen and oxygen atoms in total. The zero-order chi connectivity index (χ0) is 23.6. The van der Waals surface area contributed by atoms with Gasteiger partial charge in [0.25, 0.3) is 0 Å². The SMILES string of the molecule is CCCCOc1ccc2c(=O)c(OCCCC)c(-c3ccc(OCCCC)c(O)c3)oc2c1. The van der Waals surface area contributed by atoms with Crippen LogP contribution in [0.1, 0.15) is 59.3 Å². The van der Waals surface area contributed by atoms with Crippen LogP contribution in [0.25, 0.3) is 22.3 Å². The molecule has 178 valence electrons. The average molecular weight is 455 g/mol. The molecule has 0 atom stereocenters. The molecule has 1 aromatic heterocycles. The number of phenolic OH excluding ortho intramolecular Hbond substituents is 1. The van der Waals surface area contributed by atoms with Crippen LogP contribution >= 0.6 is 0 Å². The van der Waals surface area contributed by atoms with Gasteiger partial charge in [0.05, 0.1) is 25.2 Å². The second kappa shape index (κ2) is 12.2. The summed E-state index contributed by atoms with van der Waals surface area (Å²) in [6.07, 6.45) is 5.65. The molecular weight excluding hydrogens is 420 g/mol. The highest BCUT2D eigenvalue weighted by atomic mass is 16.5. The maximum Gasteiger partial charge on any atom is 0.235 e. The normalized spacial score (nSPS) is 11.0. The molecule has 2 aromatic carbocycles. The molecule has 0 unspecified atom stereocenters. The first-order valence-corrected chi connectivity index (χ1v) is 11.9. The first kappa shape index (κ1) is 24.5. The molecular formula is C27H34O6. The third-order valence-corrected chi connectivity index (χ3v) is 5.31. The fraction of sp³-hybridized carbons (Fsp3) is 0.444. The van der Waals surface area contributed by atoms with Crippen molar-refractivity contribution in [2.24, 2.45) is 0 Å². The molecule has 0 saturated carbocycles. The van der Waals surface area contributed by atoms with Gasteiger partial charge in [-0.05, 0) is 49.6 Å². The van der Waals surface area contributed by atoms with Crippen LogP contribution in [0.3, 0.4) is 0 Å². The molecule has 3 aromatic rings. The molecule has 0 aliphatic heterocycles. The summed E-state index contributed by atoms with van der Waals surface area (Å²) in [6, 6.07) is 10.2. The summed E-state index contributed by atoms with van der Waals surface area (Å²) in [7, 11) is 0. The van der Waals surface area contributed by atoms with E-state index >= 15 is 0 Å². The summed E-state index contributed by atoms with van der Waals surface area (Å²) < 4.78 is 23.5. The van der Waals surface area contributed by atoms with Gasteiger partial charge < -0.3 is 23.7 Å². The van der Waals surface area contributed by atoms with Crippen molar-refractivity contribution in [2.75, 3.05) is 19.8 Å². The molecule has 33 heavy (non-hydrogen) atoms. The number of phenols is 1. The maximum absolute atomic E-state index is 13.3. The Balaban J connectivity index is 2.03. The number of unbranched alkanes of at least 4 members (excludes halogenated alkanes) is 3. The number of ether oxygens (including phenoxy) is 3. The Labute approximate surface area is 195 Å². The van der Waals surface area contributed by atoms with E-state index in [1.807, 2.05) is 0 Å². The summed E-state index contributed by atoms with van der Waals surface area (Å²) in [5, 5.41) is 10.9. The van der Waals surface area contributed by atoms with Gasteiger partial charge in [0.2, 0.25) is 11.2 Å². The lowest BCUT2D eigenvalue weighted by molar-refractivity contribution is 0.292. The highest BCUT2D eigenvalue weighted by Crippen LogP contribution is 2.37. The van der Waals surface area contributed by atoms with Crippen LogP contribution < -0.4 is 19.6 Å². The smallest absolute Gasteiger partial charge is 0.235 e. The second-order valence-corrected chi connectivity index (χ2v) is 8.04. The molecule has 1 heterocycles. The summed E-state index contributed by atoms with van der Waals surface area (Å²) in [5.41, 5.74) is 0.706. The number of aromatic hydroxyl groups is 1. The molecule has 3 rings (SSSR count). The van der Waals surface area contributed by atoms with Crippen molar-refractivity contribution in [1.29, 1.82) is 0 Å². The van der Waals surface area contributed by atoms with Crippen LogP contribution in [0.15, 0.2) is 45.6 Å². The predicted molar refractivity (Wildman–Crippen MR) is 131 cm³/mol. The molecule has 0 bridgehead atoms. The van der Waals surface area contributed by atoms with Gasteiger partial charge >= 0.3 is 0 Å². The minimum absolute atomic E-state index is 0.0116. The summed E-state index contributed by atoms with van der Waals surface area (Å²) in [4.78, 5) is 13.3. The largest absolute Gasteiger partial charge is 0.504 e. The Hall–Kier alpha value is -3.15. The molecule has 6 heteroatoms. The Morgan fingerprint density at radius 1 is 0.818 bits per heavy atom. The number of rotatable bonds is 13. The lowest BCUT2D eigenvalue weighted by Gasteiger charge is -2.14. The minimum atomic E-state index is -0.245. The lowest BCUT2D eigenvalue weighted by atomic mass is 10.1. The van der Waals surface area contributed by atoms with Gasteiger partial charge in [-0.1, -0.05) is 40.0 Å². The molecule has 0 aliphatic carbocycles. The first-order valence-electron chi connectivity index (χ1n) is 11.9. The van der Waals surface area contributed by atoms with Crippen LogP contribution in [-0.4, -0.2) is 24.9 Å². The van der Waals surface area contributed by atoms with E-state index in [0.717, 1.165) is 38.5 Å². The first-order chi connectivity index (χ1) is 16.1. The highest BCUT2D eigenvalue weighted by Gasteiger charge is 2.19. The van der Waals surface area contributed by atoms with Crippen molar-refractivity contribution < 1.29 is 23.7 Å². The molecule has 0 amide bonds. The Kier molecular flexibility index (Phi) is 9.04. The van der Waals surface area contributed by atoms with Crippen molar-refractivity contribution >= 4 is 11.0 Å². The van der Waals surface area contributed by atoms with Gasteiger partial charge in [-0.2, -0.15) is 0 Å². The van der Waals surface area contributed by atoms with Gasteiger partial charge in [0.1, 0.15) is 11.3 Å². The van der Waals surface area contributed by atoms with Crippen LogP contribution in [-0.2, 0) is 0 Å².